The first-order valence-corrected chi connectivity index (χ1v) is 10.7. The molecule has 158 valence electrons. The highest BCUT2D eigenvalue weighted by Gasteiger charge is 2.24. The van der Waals surface area contributed by atoms with E-state index >= 15 is 0 Å². The van der Waals surface area contributed by atoms with E-state index in [0.29, 0.717) is 17.5 Å². The maximum atomic E-state index is 13.8. The van der Waals surface area contributed by atoms with E-state index in [1.165, 1.54) is 6.07 Å². The second kappa shape index (κ2) is 10.0. The molecule has 3 rings (SSSR count). The van der Waals surface area contributed by atoms with E-state index in [0.717, 1.165) is 63.1 Å². The number of hydrogen-bond donors (Lipinski definition) is 1. The molecule has 1 aliphatic rings. The summed E-state index contributed by atoms with van der Waals surface area (Å²) in [6, 6.07) is 8.88. The molecule has 1 N–H and O–H groups in total. The summed E-state index contributed by atoms with van der Waals surface area (Å²) in [6.07, 6.45) is 3.85. The van der Waals surface area contributed by atoms with Crippen molar-refractivity contribution in [3.05, 3.63) is 53.1 Å². The van der Waals surface area contributed by atoms with Gasteiger partial charge in [0.2, 0.25) is 0 Å². The van der Waals surface area contributed by atoms with Gasteiger partial charge in [0.1, 0.15) is 11.5 Å². The highest BCUT2D eigenvalue weighted by Crippen LogP contribution is 2.19. The van der Waals surface area contributed by atoms with Gasteiger partial charge >= 0.3 is 0 Å². The first kappa shape index (κ1) is 21.5. The number of aromatic nitrogens is 2. The molecule has 2 aromatic rings. The van der Waals surface area contributed by atoms with Gasteiger partial charge in [-0.15, -0.1) is 0 Å². The van der Waals surface area contributed by atoms with Crippen LogP contribution in [0.2, 0.25) is 0 Å². The van der Waals surface area contributed by atoms with Crippen LogP contribution in [-0.2, 0) is 12.8 Å². The Hall–Kier alpha value is -2.21. The van der Waals surface area contributed by atoms with Crippen LogP contribution >= 0.6 is 0 Å². The van der Waals surface area contributed by atoms with Crippen molar-refractivity contribution in [1.29, 1.82) is 0 Å². The van der Waals surface area contributed by atoms with Crippen LogP contribution in [0.25, 0.3) is 0 Å². The predicted molar refractivity (Wildman–Crippen MR) is 113 cm³/mol. The monoisotopic (exact) mass is 400 g/mol. The molecule has 1 amide bonds. The van der Waals surface area contributed by atoms with Crippen molar-refractivity contribution >= 4 is 5.91 Å². The van der Waals surface area contributed by atoms with E-state index < -0.39 is 0 Å². The summed E-state index contributed by atoms with van der Waals surface area (Å²) in [7, 11) is 1.86. The van der Waals surface area contributed by atoms with E-state index in [1.807, 2.05) is 25.2 Å². The Kier molecular flexibility index (Phi) is 7.42. The minimum atomic E-state index is -0.123. The van der Waals surface area contributed by atoms with Crippen LogP contribution in [0.4, 0.5) is 4.39 Å². The molecule has 0 aliphatic carbocycles. The van der Waals surface area contributed by atoms with Crippen LogP contribution < -0.4 is 0 Å². The number of likely N-dealkylation sites (tertiary alicyclic amines) is 1. The maximum Gasteiger partial charge on any atom is 0.274 e. The van der Waals surface area contributed by atoms with Crippen molar-refractivity contribution < 1.29 is 9.18 Å². The van der Waals surface area contributed by atoms with Gasteiger partial charge in [-0.1, -0.05) is 32.0 Å². The Bertz CT molecular complexity index is 804. The molecule has 1 aromatic carbocycles. The van der Waals surface area contributed by atoms with Crippen molar-refractivity contribution in [1.82, 2.24) is 20.0 Å². The first-order chi connectivity index (χ1) is 13.9. The van der Waals surface area contributed by atoms with E-state index in [9.17, 15) is 9.18 Å². The Morgan fingerprint density at radius 3 is 2.93 bits per heavy atom. The average Bonchev–Trinajstić information content (AvgIpc) is 3.14. The number of amides is 1. The molecule has 0 unspecified atom stereocenters. The van der Waals surface area contributed by atoms with Gasteiger partial charge in [0.15, 0.2) is 0 Å². The third kappa shape index (κ3) is 6.13. The number of hydrogen-bond acceptors (Lipinski definition) is 3. The minimum Gasteiger partial charge on any atom is -0.340 e. The summed E-state index contributed by atoms with van der Waals surface area (Å²) < 4.78 is 13.8. The highest BCUT2D eigenvalue weighted by atomic mass is 19.1. The third-order valence-corrected chi connectivity index (χ3v) is 5.62. The number of nitrogens with one attached hydrogen (secondary N) is 1. The Balaban J connectivity index is 1.49. The molecule has 29 heavy (non-hydrogen) atoms. The smallest absolute Gasteiger partial charge is 0.274 e. The number of benzene rings is 1. The summed E-state index contributed by atoms with van der Waals surface area (Å²) in [6.45, 7) is 7.87. The zero-order chi connectivity index (χ0) is 20.8. The Labute approximate surface area is 173 Å². The molecule has 1 atom stereocenters. The summed E-state index contributed by atoms with van der Waals surface area (Å²) in [4.78, 5) is 16.9. The van der Waals surface area contributed by atoms with Gasteiger partial charge < -0.3 is 9.80 Å². The maximum absolute atomic E-state index is 13.8. The fourth-order valence-corrected chi connectivity index (χ4v) is 4.16. The summed E-state index contributed by atoms with van der Waals surface area (Å²) in [5.74, 6) is 0.808. The lowest BCUT2D eigenvalue weighted by atomic mass is 9.97. The zero-order valence-corrected chi connectivity index (χ0v) is 17.8. The first-order valence-electron chi connectivity index (χ1n) is 10.7. The number of carbonyl (C=O) groups excluding carboxylic acids is 1. The van der Waals surface area contributed by atoms with Crippen LogP contribution in [0, 0.1) is 17.7 Å². The fraction of sp³-hybridized carbons (Fsp3) is 0.565. The van der Waals surface area contributed by atoms with Gasteiger partial charge in [0, 0.05) is 32.4 Å². The lowest BCUT2D eigenvalue weighted by molar-refractivity contribution is 0.0724. The molecule has 1 fully saturated rings. The molecule has 6 heteroatoms. The standard InChI is InChI=1S/C23H33FN4O/c1-17(2)13-20-14-22(26-25-20)23(29)27(3)15-18-7-6-11-28(16-18)12-10-19-8-4-5-9-21(19)24/h4-5,8-9,14,17-18H,6-7,10-13,15-16H2,1-3H3,(H,25,26)/t18-/m0/s1. The second-order valence-corrected chi connectivity index (χ2v) is 8.71. The SMILES string of the molecule is CC(C)Cc1cc(C(=O)N(C)C[C@@H]2CCCN(CCc3ccccc3F)C2)n[nH]1. The van der Waals surface area contributed by atoms with Gasteiger partial charge in [-0.3, -0.25) is 9.89 Å². The molecule has 0 spiro atoms. The molecule has 0 radical (unpaired) electrons. The average molecular weight is 401 g/mol. The van der Waals surface area contributed by atoms with Crippen molar-refractivity contribution in [3.63, 3.8) is 0 Å². The third-order valence-electron chi connectivity index (χ3n) is 5.62. The van der Waals surface area contributed by atoms with Gasteiger partial charge in [-0.05, 0) is 61.8 Å². The molecule has 5 nitrogen and oxygen atoms in total. The Morgan fingerprint density at radius 2 is 2.17 bits per heavy atom. The lowest BCUT2D eigenvalue weighted by Gasteiger charge is -2.34. The van der Waals surface area contributed by atoms with E-state index in [1.54, 1.807) is 11.0 Å². The molecule has 0 saturated carbocycles. The molecule has 1 aromatic heterocycles. The van der Waals surface area contributed by atoms with E-state index in [2.05, 4.69) is 28.9 Å². The number of nitrogens with zero attached hydrogens (tertiary/aromatic N) is 3. The number of halogens is 1. The number of piperidine rings is 1. The summed E-state index contributed by atoms with van der Waals surface area (Å²) in [5, 5.41) is 7.19. The summed E-state index contributed by atoms with van der Waals surface area (Å²) >= 11 is 0. The molecule has 1 saturated heterocycles. The van der Waals surface area contributed by atoms with Crippen molar-refractivity contribution in [3.8, 4) is 0 Å². The lowest BCUT2D eigenvalue weighted by Crippen LogP contribution is -2.42. The van der Waals surface area contributed by atoms with Crippen molar-refractivity contribution in [2.24, 2.45) is 11.8 Å². The van der Waals surface area contributed by atoms with Crippen molar-refractivity contribution in [2.75, 3.05) is 33.2 Å². The molecular formula is C23H33FN4O. The number of aromatic amines is 1. The topological polar surface area (TPSA) is 52.2 Å². The highest BCUT2D eigenvalue weighted by molar-refractivity contribution is 5.92. The van der Waals surface area contributed by atoms with Gasteiger partial charge in [0.25, 0.3) is 5.91 Å². The quantitative estimate of drug-likeness (QED) is 0.734. The van der Waals surface area contributed by atoms with Crippen LogP contribution in [0.15, 0.2) is 30.3 Å². The van der Waals surface area contributed by atoms with Crippen LogP contribution in [0.3, 0.4) is 0 Å². The number of carbonyl (C=O) groups is 1. The van der Waals surface area contributed by atoms with E-state index in [4.69, 9.17) is 0 Å². The number of H-pyrrole nitrogens is 1. The minimum absolute atomic E-state index is 0.0280. The summed E-state index contributed by atoms with van der Waals surface area (Å²) in [5.41, 5.74) is 2.28. The normalized spacial score (nSPS) is 17.6. The second-order valence-electron chi connectivity index (χ2n) is 8.71. The van der Waals surface area contributed by atoms with E-state index in [-0.39, 0.29) is 11.7 Å². The van der Waals surface area contributed by atoms with Crippen molar-refractivity contribution in [2.45, 2.75) is 39.5 Å². The van der Waals surface area contributed by atoms with Gasteiger partial charge in [0.05, 0.1) is 0 Å². The predicted octanol–water partition coefficient (Wildman–Crippen LogP) is 3.77. The van der Waals surface area contributed by atoms with Gasteiger partial charge in [-0.2, -0.15) is 5.10 Å². The molecular weight excluding hydrogens is 367 g/mol. The van der Waals surface area contributed by atoms with Crippen LogP contribution in [0.5, 0.6) is 0 Å². The molecule has 0 bridgehead atoms. The van der Waals surface area contributed by atoms with Crippen LogP contribution in [0.1, 0.15) is 48.4 Å². The number of rotatable bonds is 8. The van der Waals surface area contributed by atoms with Gasteiger partial charge in [-0.25, -0.2) is 4.39 Å². The molecule has 2 heterocycles. The molecule has 1 aliphatic heterocycles. The largest absolute Gasteiger partial charge is 0.340 e. The Morgan fingerprint density at radius 1 is 1.38 bits per heavy atom. The van der Waals surface area contributed by atoms with Crippen LogP contribution in [-0.4, -0.2) is 59.1 Å². The fourth-order valence-electron chi connectivity index (χ4n) is 4.16. The zero-order valence-electron chi connectivity index (χ0n) is 17.8.